The third-order valence-corrected chi connectivity index (χ3v) is 4.85. The van der Waals surface area contributed by atoms with Crippen molar-refractivity contribution >= 4 is 28.9 Å². The summed E-state index contributed by atoms with van der Waals surface area (Å²) < 4.78 is 13.0. The standard InChI is InChI=1S/C20H22FN3OS/c1-14-3-2-4-18(13-14)23-20(26)24-11-9-17(10-12-24)22-19(25)15-5-7-16(21)8-6-15/h2-8,13,17H,9-12H2,1H3,(H,22,25)(H,23,26). The SMILES string of the molecule is Cc1cccc(NC(=S)N2CCC(NC(=O)c3ccc(F)cc3)CC2)c1. The predicted octanol–water partition coefficient (Wildman–Crippen LogP) is 3.73. The average molecular weight is 371 g/mol. The summed E-state index contributed by atoms with van der Waals surface area (Å²) in [4.78, 5) is 14.4. The summed E-state index contributed by atoms with van der Waals surface area (Å²) in [5.41, 5.74) is 2.65. The largest absolute Gasteiger partial charge is 0.349 e. The van der Waals surface area contributed by atoms with E-state index in [1.54, 1.807) is 0 Å². The van der Waals surface area contributed by atoms with Crippen LogP contribution in [0.25, 0.3) is 0 Å². The molecule has 136 valence electrons. The van der Waals surface area contributed by atoms with E-state index in [2.05, 4.69) is 21.6 Å². The molecule has 4 nitrogen and oxygen atoms in total. The fraction of sp³-hybridized carbons (Fsp3) is 0.300. The van der Waals surface area contributed by atoms with Crippen molar-refractivity contribution in [3.8, 4) is 0 Å². The number of hydrogen-bond donors (Lipinski definition) is 2. The Labute approximate surface area is 158 Å². The number of aryl methyl sites for hydroxylation is 1. The number of rotatable bonds is 3. The van der Waals surface area contributed by atoms with Gasteiger partial charge in [-0.05, 0) is 73.9 Å². The Bertz CT molecular complexity index is 786. The van der Waals surface area contributed by atoms with Crippen LogP contribution in [0.3, 0.4) is 0 Å². The number of piperidine rings is 1. The first-order valence-corrected chi connectivity index (χ1v) is 9.11. The van der Waals surface area contributed by atoms with Crippen LogP contribution in [-0.2, 0) is 0 Å². The Morgan fingerprint density at radius 1 is 1.15 bits per heavy atom. The van der Waals surface area contributed by atoms with Gasteiger partial charge in [0, 0.05) is 30.4 Å². The minimum atomic E-state index is -0.343. The molecule has 26 heavy (non-hydrogen) atoms. The molecule has 0 spiro atoms. The quantitative estimate of drug-likeness (QED) is 0.807. The Morgan fingerprint density at radius 2 is 1.85 bits per heavy atom. The van der Waals surface area contributed by atoms with Crippen molar-refractivity contribution in [3.05, 3.63) is 65.5 Å². The molecule has 3 rings (SSSR count). The summed E-state index contributed by atoms with van der Waals surface area (Å²) in [6.07, 6.45) is 1.64. The zero-order chi connectivity index (χ0) is 18.5. The summed E-state index contributed by atoms with van der Waals surface area (Å²) in [6, 6.07) is 13.8. The van der Waals surface area contributed by atoms with Crippen molar-refractivity contribution in [2.24, 2.45) is 0 Å². The van der Waals surface area contributed by atoms with Crippen LogP contribution >= 0.6 is 12.2 Å². The molecule has 0 bridgehead atoms. The minimum Gasteiger partial charge on any atom is -0.349 e. The fourth-order valence-corrected chi connectivity index (χ4v) is 3.32. The van der Waals surface area contributed by atoms with Crippen molar-refractivity contribution in [3.63, 3.8) is 0 Å². The van der Waals surface area contributed by atoms with E-state index < -0.39 is 0 Å². The molecule has 1 heterocycles. The van der Waals surface area contributed by atoms with Crippen molar-refractivity contribution in [2.45, 2.75) is 25.8 Å². The number of hydrogen-bond acceptors (Lipinski definition) is 2. The highest BCUT2D eigenvalue weighted by Gasteiger charge is 2.22. The molecule has 1 saturated heterocycles. The van der Waals surface area contributed by atoms with E-state index >= 15 is 0 Å². The monoisotopic (exact) mass is 371 g/mol. The second-order valence-corrected chi connectivity index (χ2v) is 6.93. The normalized spacial score (nSPS) is 14.8. The maximum atomic E-state index is 13.0. The highest BCUT2D eigenvalue weighted by atomic mass is 32.1. The van der Waals surface area contributed by atoms with Crippen molar-refractivity contribution < 1.29 is 9.18 Å². The highest BCUT2D eigenvalue weighted by Crippen LogP contribution is 2.15. The van der Waals surface area contributed by atoms with E-state index in [4.69, 9.17) is 12.2 Å². The summed E-state index contributed by atoms with van der Waals surface area (Å²) >= 11 is 5.51. The van der Waals surface area contributed by atoms with Crippen LogP contribution in [0.1, 0.15) is 28.8 Å². The average Bonchev–Trinajstić information content (AvgIpc) is 2.63. The Kier molecular flexibility index (Phi) is 5.83. The van der Waals surface area contributed by atoms with Crippen molar-refractivity contribution in [1.29, 1.82) is 0 Å². The van der Waals surface area contributed by atoms with Crippen LogP contribution < -0.4 is 10.6 Å². The summed E-state index contributed by atoms with van der Waals surface area (Å²) in [5.74, 6) is -0.506. The molecule has 0 unspecified atom stereocenters. The molecule has 1 fully saturated rings. The first-order valence-electron chi connectivity index (χ1n) is 8.70. The molecule has 2 aromatic rings. The molecule has 2 N–H and O–H groups in total. The first kappa shape index (κ1) is 18.3. The lowest BCUT2D eigenvalue weighted by Gasteiger charge is -2.34. The Hall–Kier alpha value is -2.47. The zero-order valence-electron chi connectivity index (χ0n) is 14.7. The van der Waals surface area contributed by atoms with Gasteiger partial charge in [-0.2, -0.15) is 0 Å². The van der Waals surface area contributed by atoms with Gasteiger partial charge in [0.2, 0.25) is 0 Å². The molecule has 0 atom stereocenters. The van der Waals surface area contributed by atoms with E-state index in [0.29, 0.717) is 10.7 Å². The molecule has 0 aliphatic carbocycles. The van der Waals surface area contributed by atoms with E-state index in [-0.39, 0.29) is 17.8 Å². The van der Waals surface area contributed by atoms with Gasteiger partial charge in [-0.1, -0.05) is 12.1 Å². The lowest BCUT2D eigenvalue weighted by molar-refractivity contribution is 0.0922. The Morgan fingerprint density at radius 3 is 2.50 bits per heavy atom. The van der Waals surface area contributed by atoms with E-state index in [1.165, 1.54) is 29.8 Å². The van der Waals surface area contributed by atoms with Crippen LogP contribution in [0, 0.1) is 12.7 Å². The fourth-order valence-electron chi connectivity index (χ4n) is 3.02. The first-order chi connectivity index (χ1) is 12.5. The lowest BCUT2D eigenvalue weighted by atomic mass is 10.0. The number of nitrogens with one attached hydrogen (secondary N) is 2. The zero-order valence-corrected chi connectivity index (χ0v) is 15.5. The smallest absolute Gasteiger partial charge is 0.251 e. The molecule has 1 aliphatic heterocycles. The number of nitrogens with zero attached hydrogens (tertiary/aromatic N) is 1. The van der Waals surface area contributed by atoms with Gasteiger partial charge in [-0.3, -0.25) is 4.79 Å². The van der Waals surface area contributed by atoms with Gasteiger partial charge >= 0.3 is 0 Å². The molecule has 1 aliphatic rings. The second-order valence-electron chi connectivity index (χ2n) is 6.54. The maximum Gasteiger partial charge on any atom is 0.251 e. The Balaban J connectivity index is 1.48. The van der Waals surface area contributed by atoms with E-state index in [9.17, 15) is 9.18 Å². The second kappa shape index (κ2) is 8.27. The van der Waals surface area contributed by atoms with Crippen LogP contribution in [0.4, 0.5) is 10.1 Å². The number of thiocarbonyl (C=S) groups is 1. The van der Waals surface area contributed by atoms with Crippen molar-refractivity contribution in [2.75, 3.05) is 18.4 Å². The number of amides is 1. The van der Waals surface area contributed by atoms with Gasteiger partial charge in [0.15, 0.2) is 5.11 Å². The van der Waals surface area contributed by atoms with Gasteiger partial charge in [0.25, 0.3) is 5.91 Å². The predicted molar refractivity (Wildman–Crippen MR) is 106 cm³/mol. The topological polar surface area (TPSA) is 44.4 Å². The molecular weight excluding hydrogens is 349 g/mol. The molecule has 1 amide bonds. The number of likely N-dealkylation sites (tertiary alicyclic amines) is 1. The number of benzene rings is 2. The van der Waals surface area contributed by atoms with E-state index in [1.807, 2.05) is 25.1 Å². The van der Waals surface area contributed by atoms with Crippen LogP contribution in [0.5, 0.6) is 0 Å². The molecule has 6 heteroatoms. The van der Waals surface area contributed by atoms with Gasteiger partial charge in [-0.25, -0.2) is 4.39 Å². The van der Waals surface area contributed by atoms with Gasteiger partial charge in [0.05, 0.1) is 0 Å². The highest BCUT2D eigenvalue weighted by molar-refractivity contribution is 7.80. The maximum absolute atomic E-state index is 13.0. The van der Waals surface area contributed by atoms with Crippen LogP contribution in [0.2, 0.25) is 0 Å². The van der Waals surface area contributed by atoms with Crippen LogP contribution in [-0.4, -0.2) is 35.1 Å². The molecule has 0 saturated carbocycles. The number of carbonyl (C=O) groups is 1. The van der Waals surface area contributed by atoms with Crippen LogP contribution in [0.15, 0.2) is 48.5 Å². The van der Waals surface area contributed by atoms with Gasteiger partial charge in [0.1, 0.15) is 5.82 Å². The number of halogens is 1. The third kappa shape index (κ3) is 4.79. The molecule has 2 aromatic carbocycles. The minimum absolute atomic E-state index is 0.102. The number of anilines is 1. The summed E-state index contributed by atoms with van der Waals surface area (Å²) in [7, 11) is 0. The van der Waals surface area contributed by atoms with E-state index in [0.717, 1.165) is 31.6 Å². The van der Waals surface area contributed by atoms with Gasteiger partial charge < -0.3 is 15.5 Å². The number of carbonyl (C=O) groups excluding carboxylic acids is 1. The summed E-state index contributed by atoms with van der Waals surface area (Å²) in [6.45, 7) is 3.61. The third-order valence-electron chi connectivity index (χ3n) is 4.49. The van der Waals surface area contributed by atoms with Gasteiger partial charge in [-0.15, -0.1) is 0 Å². The molecule has 0 aromatic heterocycles. The lowest BCUT2D eigenvalue weighted by Crippen LogP contribution is -2.47. The summed E-state index contributed by atoms with van der Waals surface area (Å²) in [5, 5.41) is 7.00. The van der Waals surface area contributed by atoms with Crippen molar-refractivity contribution in [1.82, 2.24) is 10.2 Å². The molecular formula is C20H22FN3OS. The molecule has 0 radical (unpaired) electrons.